The molecular weight excluding hydrogens is 174 g/mol. The summed E-state index contributed by atoms with van der Waals surface area (Å²) in [6, 6.07) is 6.14. The lowest BCUT2D eigenvalue weighted by Gasteiger charge is -2.15. The summed E-state index contributed by atoms with van der Waals surface area (Å²) in [5.74, 6) is 0. The highest BCUT2D eigenvalue weighted by atomic mass is 15.5. The third-order valence-electron chi connectivity index (χ3n) is 2.40. The number of benzene rings is 1. The van der Waals surface area contributed by atoms with E-state index >= 15 is 0 Å². The van der Waals surface area contributed by atoms with E-state index in [1.807, 2.05) is 23.4 Å². The lowest BCUT2D eigenvalue weighted by molar-refractivity contribution is 0.919. The molecule has 0 atom stereocenters. The highest BCUT2D eigenvalue weighted by Crippen LogP contribution is 2.22. The summed E-state index contributed by atoms with van der Waals surface area (Å²) >= 11 is 0. The van der Waals surface area contributed by atoms with Crippen LogP contribution in [0.3, 0.4) is 0 Å². The summed E-state index contributed by atoms with van der Waals surface area (Å²) in [5.41, 5.74) is 9.02. The van der Waals surface area contributed by atoms with Gasteiger partial charge in [-0.1, -0.05) is 6.92 Å². The average molecular weight is 189 g/mol. The maximum atomic E-state index is 5.82. The van der Waals surface area contributed by atoms with E-state index in [-0.39, 0.29) is 0 Å². The number of hydrogen-bond donors (Lipinski definition) is 1. The minimum atomic E-state index is 0.821. The SMILES string of the molecule is CCc1cc(N)cc(N2CCC=N2)c1. The van der Waals surface area contributed by atoms with Crippen LogP contribution in [-0.2, 0) is 6.42 Å². The van der Waals surface area contributed by atoms with Gasteiger partial charge in [0.15, 0.2) is 0 Å². The fourth-order valence-corrected chi connectivity index (χ4v) is 1.64. The van der Waals surface area contributed by atoms with Gasteiger partial charge in [0.05, 0.1) is 5.69 Å². The van der Waals surface area contributed by atoms with Crippen LogP contribution in [-0.4, -0.2) is 12.8 Å². The average Bonchev–Trinajstić information content (AvgIpc) is 2.69. The monoisotopic (exact) mass is 189 g/mol. The molecule has 14 heavy (non-hydrogen) atoms. The molecule has 0 radical (unpaired) electrons. The molecule has 0 saturated heterocycles. The van der Waals surface area contributed by atoms with Crippen LogP contribution >= 0.6 is 0 Å². The van der Waals surface area contributed by atoms with Gasteiger partial charge in [0.25, 0.3) is 0 Å². The Labute approximate surface area is 84.2 Å². The van der Waals surface area contributed by atoms with E-state index in [1.54, 1.807) is 0 Å². The number of nitrogens with two attached hydrogens (primary N) is 1. The van der Waals surface area contributed by atoms with Gasteiger partial charge in [-0.15, -0.1) is 0 Å². The summed E-state index contributed by atoms with van der Waals surface area (Å²) in [7, 11) is 0. The fraction of sp³-hybridized carbons (Fsp3) is 0.364. The number of hydrazone groups is 1. The van der Waals surface area contributed by atoms with Crippen LogP contribution in [0.15, 0.2) is 23.3 Å². The predicted octanol–water partition coefficient (Wildman–Crippen LogP) is 2.03. The first-order valence-electron chi connectivity index (χ1n) is 4.99. The number of hydrogen-bond acceptors (Lipinski definition) is 3. The molecule has 74 valence electrons. The van der Waals surface area contributed by atoms with E-state index in [9.17, 15) is 0 Å². The standard InChI is InChI=1S/C11H15N3/c1-2-9-6-10(12)8-11(7-9)14-5-3-4-13-14/h4,6-8H,2-3,5,12H2,1H3. The van der Waals surface area contributed by atoms with Crippen molar-refractivity contribution in [2.75, 3.05) is 17.3 Å². The van der Waals surface area contributed by atoms with Gasteiger partial charge in [0.1, 0.15) is 0 Å². The third kappa shape index (κ3) is 1.71. The first kappa shape index (κ1) is 9.06. The lowest BCUT2D eigenvalue weighted by Crippen LogP contribution is -2.12. The second kappa shape index (κ2) is 3.70. The Bertz CT molecular complexity index is 358. The predicted molar refractivity (Wildman–Crippen MR) is 60.7 cm³/mol. The summed E-state index contributed by atoms with van der Waals surface area (Å²) in [6.07, 6.45) is 3.97. The van der Waals surface area contributed by atoms with Gasteiger partial charge in [-0.2, -0.15) is 5.10 Å². The van der Waals surface area contributed by atoms with Crippen molar-refractivity contribution in [3.8, 4) is 0 Å². The lowest BCUT2D eigenvalue weighted by atomic mass is 10.1. The zero-order chi connectivity index (χ0) is 9.97. The minimum Gasteiger partial charge on any atom is -0.399 e. The van der Waals surface area contributed by atoms with Crippen molar-refractivity contribution in [3.63, 3.8) is 0 Å². The number of anilines is 2. The Kier molecular flexibility index (Phi) is 2.39. The van der Waals surface area contributed by atoms with Crippen LogP contribution in [0.4, 0.5) is 11.4 Å². The highest BCUT2D eigenvalue weighted by molar-refractivity contribution is 5.67. The Balaban J connectivity index is 2.32. The van der Waals surface area contributed by atoms with E-state index in [0.29, 0.717) is 0 Å². The van der Waals surface area contributed by atoms with Crippen LogP contribution in [0.2, 0.25) is 0 Å². The molecular formula is C11H15N3. The van der Waals surface area contributed by atoms with Crippen LogP contribution in [0.1, 0.15) is 18.9 Å². The van der Waals surface area contributed by atoms with Crippen LogP contribution in [0, 0.1) is 0 Å². The highest BCUT2D eigenvalue weighted by Gasteiger charge is 2.09. The number of rotatable bonds is 2. The van der Waals surface area contributed by atoms with Crippen LogP contribution in [0.25, 0.3) is 0 Å². The Morgan fingerprint density at radius 2 is 2.29 bits per heavy atom. The van der Waals surface area contributed by atoms with Crippen molar-refractivity contribution in [2.24, 2.45) is 5.10 Å². The van der Waals surface area contributed by atoms with Crippen molar-refractivity contribution < 1.29 is 0 Å². The van der Waals surface area contributed by atoms with E-state index in [1.165, 1.54) is 5.56 Å². The van der Waals surface area contributed by atoms with E-state index in [2.05, 4.69) is 18.1 Å². The van der Waals surface area contributed by atoms with Gasteiger partial charge >= 0.3 is 0 Å². The molecule has 0 amide bonds. The number of nitrogens with zero attached hydrogens (tertiary/aromatic N) is 2. The number of aryl methyl sites for hydroxylation is 1. The molecule has 0 aromatic heterocycles. The third-order valence-corrected chi connectivity index (χ3v) is 2.40. The Morgan fingerprint density at radius 1 is 1.43 bits per heavy atom. The van der Waals surface area contributed by atoms with Gasteiger partial charge in [-0.25, -0.2) is 0 Å². The zero-order valence-corrected chi connectivity index (χ0v) is 8.40. The summed E-state index contributed by atoms with van der Waals surface area (Å²) in [5, 5.41) is 6.27. The molecule has 1 aliphatic rings. The summed E-state index contributed by atoms with van der Waals surface area (Å²) < 4.78 is 0. The normalized spacial score (nSPS) is 15.1. The van der Waals surface area contributed by atoms with Crippen molar-refractivity contribution in [1.29, 1.82) is 0 Å². The van der Waals surface area contributed by atoms with Gasteiger partial charge in [-0.05, 0) is 30.2 Å². The summed E-state index contributed by atoms with van der Waals surface area (Å²) in [6.45, 7) is 3.10. The van der Waals surface area contributed by atoms with Crippen LogP contribution < -0.4 is 10.7 Å². The maximum absolute atomic E-state index is 5.82. The molecule has 1 aliphatic heterocycles. The quantitative estimate of drug-likeness (QED) is 0.723. The molecule has 3 heteroatoms. The molecule has 2 N–H and O–H groups in total. The summed E-state index contributed by atoms with van der Waals surface area (Å²) in [4.78, 5) is 0. The van der Waals surface area contributed by atoms with Gasteiger partial charge in [0.2, 0.25) is 0 Å². The van der Waals surface area contributed by atoms with Crippen molar-refractivity contribution in [3.05, 3.63) is 23.8 Å². The number of nitrogen functional groups attached to an aromatic ring is 1. The maximum Gasteiger partial charge on any atom is 0.0617 e. The first-order chi connectivity index (χ1) is 6.79. The molecule has 0 fully saturated rings. The van der Waals surface area contributed by atoms with Gasteiger partial charge < -0.3 is 5.73 Å². The molecule has 0 aliphatic carbocycles. The molecule has 1 heterocycles. The molecule has 0 spiro atoms. The Morgan fingerprint density at radius 3 is 2.93 bits per heavy atom. The van der Waals surface area contributed by atoms with Gasteiger partial charge in [0, 0.05) is 24.9 Å². The van der Waals surface area contributed by atoms with E-state index in [0.717, 1.165) is 30.8 Å². The van der Waals surface area contributed by atoms with E-state index < -0.39 is 0 Å². The second-order valence-corrected chi connectivity index (χ2v) is 3.50. The molecule has 1 aromatic rings. The molecule has 0 saturated carbocycles. The molecule has 3 nitrogen and oxygen atoms in total. The second-order valence-electron chi connectivity index (χ2n) is 3.50. The smallest absolute Gasteiger partial charge is 0.0617 e. The van der Waals surface area contributed by atoms with Gasteiger partial charge in [-0.3, -0.25) is 5.01 Å². The molecule has 2 rings (SSSR count). The molecule has 0 unspecified atom stereocenters. The van der Waals surface area contributed by atoms with Crippen molar-refractivity contribution >= 4 is 17.6 Å². The topological polar surface area (TPSA) is 41.6 Å². The molecule has 1 aromatic carbocycles. The van der Waals surface area contributed by atoms with Crippen LogP contribution in [0.5, 0.6) is 0 Å². The largest absolute Gasteiger partial charge is 0.399 e. The van der Waals surface area contributed by atoms with E-state index in [4.69, 9.17) is 5.73 Å². The van der Waals surface area contributed by atoms with Crippen molar-refractivity contribution in [1.82, 2.24) is 0 Å². The van der Waals surface area contributed by atoms with Crippen molar-refractivity contribution in [2.45, 2.75) is 19.8 Å². The molecule has 0 bridgehead atoms. The minimum absolute atomic E-state index is 0.821. The zero-order valence-electron chi connectivity index (χ0n) is 8.40. The first-order valence-corrected chi connectivity index (χ1v) is 4.99. The Hall–Kier alpha value is -1.51. The fourth-order valence-electron chi connectivity index (χ4n) is 1.64.